The maximum atomic E-state index is 10.9. The van der Waals surface area contributed by atoms with Gasteiger partial charge in [0.1, 0.15) is 0 Å². The summed E-state index contributed by atoms with van der Waals surface area (Å²) >= 11 is 0. The minimum absolute atomic E-state index is 0.00321. The molecule has 0 saturated heterocycles. The van der Waals surface area contributed by atoms with Gasteiger partial charge in [-0.2, -0.15) is 0 Å². The summed E-state index contributed by atoms with van der Waals surface area (Å²) in [4.78, 5) is 0. The Morgan fingerprint density at radius 3 is 2.50 bits per heavy atom. The van der Waals surface area contributed by atoms with Gasteiger partial charge in [-0.25, -0.2) is 0 Å². The van der Waals surface area contributed by atoms with Crippen molar-refractivity contribution in [2.75, 3.05) is 0 Å². The molecule has 0 aromatic carbocycles. The van der Waals surface area contributed by atoms with E-state index in [1.165, 1.54) is 0 Å². The maximum absolute atomic E-state index is 10.9. The van der Waals surface area contributed by atoms with Gasteiger partial charge in [-0.3, -0.25) is 0 Å². The molecular weight excluding hydrogens is 276 g/mol. The van der Waals surface area contributed by atoms with Gasteiger partial charge >= 0.3 is 0 Å². The molecule has 0 heterocycles. The van der Waals surface area contributed by atoms with Gasteiger partial charge in [-0.1, -0.05) is 26.0 Å². The van der Waals surface area contributed by atoms with Gasteiger partial charge < -0.3 is 15.3 Å². The van der Waals surface area contributed by atoms with Gasteiger partial charge in [0, 0.05) is 0 Å². The lowest BCUT2D eigenvalue weighted by atomic mass is 9.45. The third-order valence-electron chi connectivity index (χ3n) is 8.14. The zero-order chi connectivity index (χ0) is 15.7. The molecule has 4 aliphatic rings. The van der Waals surface area contributed by atoms with Gasteiger partial charge in [0.05, 0.1) is 18.3 Å². The van der Waals surface area contributed by atoms with Gasteiger partial charge in [-0.15, -0.1) is 0 Å². The largest absolute Gasteiger partial charge is 0.393 e. The van der Waals surface area contributed by atoms with E-state index < -0.39 is 0 Å². The monoisotopic (exact) mass is 306 g/mol. The molecule has 4 aliphatic carbocycles. The average molecular weight is 306 g/mol. The lowest BCUT2D eigenvalue weighted by Gasteiger charge is -2.60. The fourth-order valence-corrected chi connectivity index (χ4v) is 6.73. The van der Waals surface area contributed by atoms with E-state index in [9.17, 15) is 15.3 Å². The Morgan fingerprint density at radius 1 is 0.955 bits per heavy atom. The van der Waals surface area contributed by atoms with E-state index in [0.29, 0.717) is 23.7 Å². The Labute approximate surface area is 133 Å². The van der Waals surface area contributed by atoms with Crippen LogP contribution in [0.4, 0.5) is 0 Å². The molecule has 0 aromatic rings. The highest BCUT2D eigenvalue weighted by molar-refractivity contribution is 5.18. The molecule has 124 valence electrons. The van der Waals surface area contributed by atoms with Gasteiger partial charge in [0.2, 0.25) is 0 Å². The van der Waals surface area contributed by atoms with Crippen LogP contribution in [-0.4, -0.2) is 33.6 Å². The van der Waals surface area contributed by atoms with E-state index in [2.05, 4.69) is 19.9 Å². The van der Waals surface area contributed by atoms with E-state index in [-0.39, 0.29) is 29.1 Å². The second-order valence-electron chi connectivity index (χ2n) is 8.96. The zero-order valence-corrected chi connectivity index (χ0v) is 13.8. The van der Waals surface area contributed by atoms with Crippen molar-refractivity contribution >= 4 is 0 Å². The predicted molar refractivity (Wildman–Crippen MR) is 85.0 cm³/mol. The van der Waals surface area contributed by atoms with E-state index in [1.54, 1.807) is 0 Å². The van der Waals surface area contributed by atoms with Crippen molar-refractivity contribution < 1.29 is 15.3 Å². The molecule has 3 nitrogen and oxygen atoms in total. The highest BCUT2D eigenvalue weighted by atomic mass is 16.3. The topological polar surface area (TPSA) is 60.7 Å². The quantitative estimate of drug-likeness (QED) is 0.603. The Balaban J connectivity index is 1.71. The number of aliphatic hydroxyl groups excluding tert-OH is 3. The Hall–Kier alpha value is -0.380. The van der Waals surface area contributed by atoms with Crippen molar-refractivity contribution in [1.82, 2.24) is 0 Å². The summed E-state index contributed by atoms with van der Waals surface area (Å²) in [5.74, 6) is 1.65. The molecule has 0 amide bonds. The van der Waals surface area contributed by atoms with Crippen molar-refractivity contribution in [3.8, 4) is 0 Å². The van der Waals surface area contributed by atoms with Crippen LogP contribution in [0.3, 0.4) is 0 Å². The van der Waals surface area contributed by atoms with E-state index in [1.807, 2.05) is 6.08 Å². The lowest BCUT2D eigenvalue weighted by Crippen LogP contribution is -2.57. The molecule has 0 spiro atoms. The van der Waals surface area contributed by atoms with Gasteiger partial charge in [0.25, 0.3) is 0 Å². The van der Waals surface area contributed by atoms with Crippen LogP contribution in [0.1, 0.15) is 52.4 Å². The fraction of sp³-hybridized carbons (Fsp3) is 0.895. The molecule has 4 rings (SSSR count). The van der Waals surface area contributed by atoms with Crippen molar-refractivity contribution in [2.24, 2.45) is 34.5 Å². The number of rotatable bonds is 0. The zero-order valence-electron chi connectivity index (χ0n) is 13.8. The van der Waals surface area contributed by atoms with Crippen LogP contribution in [0.15, 0.2) is 12.2 Å². The summed E-state index contributed by atoms with van der Waals surface area (Å²) in [6.45, 7) is 4.59. The fourth-order valence-electron chi connectivity index (χ4n) is 6.73. The molecule has 0 radical (unpaired) electrons. The van der Waals surface area contributed by atoms with Crippen LogP contribution in [0.5, 0.6) is 0 Å². The highest BCUT2D eigenvalue weighted by Crippen LogP contribution is 2.65. The minimum atomic E-state index is -0.344. The first-order valence-electron chi connectivity index (χ1n) is 9.10. The molecule has 1 unspecified atom stereocenters. The third-order valence-corrected chi connectivity index (χ3v) is 8.14. The molecule has 3 saturated carbocycles. The number of fused-ring (bicyclic) bond motifs is 5. The summed E-state index contributed by atoms with van der Waals surface area (Å²) in [5, 5.41) is 31.3. The van der Waals surface area contributed by atoms with Crippen LogP contribution >= 0.6 is 0 Å². The first kappa shape index (κ1) is 15.2. The molecule has 3 fully saturated rings. The summed E-state index contributed by atoms with van der Waals surface area (Å²) < 4.78 is 0. The van der Waals surface area contributed by atoms with Crippen molar-refractivity contribution in [3.05, 3.63) is 12.2 Å². The number of allylic oxidation sites excluding steroid dienone is 1. The molecule has 22 heavy (non-hydrogen) atoms. The molecule has 0 aliphatic heterocycles. The first-order chi connectivity index (χ1) is 10.4. The molecule has 0 bridgehead atoms. The number of aliphatic hydroxyl groups is 3. The second-order valence-corrected chi connectivity index (χ2v) is 8.96. The van der Waals surface area contributed by atoms with E-state index in [0.717, 1.165) is 38.5 Å². The molecule has 0 aromatic heterocycles. The summed E-state index contributed by atoms with van der Waals surface area (Å²) in [6.07, 6.45) is 9.14. The smallest absolute Gasteiger partial charge is 0.0724 e. The van der Waals surface area contributed by atoms with Crippen LogP contribution in [0, 0.1) is 34.5 Å². The van der Waals surface area contributed by atoms with Gasteiger partial charge in [0.15, 0.2) is 0 Å². The van der Waals surface area contributed by atoms with E-state index in [4.69, 9.17) is 0 Å². The van der Waals surface area contributed by atoms with Crippen LogP contribution < -0.4 is 0 Å². The lowest BCUT2D eigenvalue weighted by molar-refractivity contribution is -0.150. The Morgan fingerprint density at radius 2 is 1.73 bits per heavy atom. The van der Waals surface area contributed by atoms with Crippen LogP contribution in [0.2, 0.25) is 0 Å². The maximum Gasteiger partial charge on any atom is 0.0724 e. The normalized spacial score (nSPS) is 60.5. The Bertz CT molecular complexity index is 489. The standard InChI is InChI=1S/C19H30O3/c1-18-7-5-12(20)9-11(18)10-15(21)17-13-3-4-16(22)19(13,2)8-6-14(17)18/h5,7,11-17,20-22H,3-4,6,8-10H2,1-2H3/t11?,12-,13-,14-,15-,16-,17-,18-,19-/m0/s1. The molecular formula is C19H30O3. The average Bonchev–Trinajstić information content (AvgIpc) is 2.77. The van der Waals surface area contributed by atoms with Crippen molar-refractivity contribution in [3.63, 3.8) is 0 Å². The SMILES string of the molecule is C[C@]12CC[C@H]3[C@@H]([C@@H](O)CC4C[C@@H](O)C=C[C@@]43C)[C@@H]1CC[C@@H]2O. The highest BCUT2D eigenvalue weighted by Gasteiger charge is 2.61. The Kier molecular flexibility index (Phi) is 3.32. The summed E-state index contributed by atoms with van der Waals surface area (Å²) in [6, 6.07) is 0. The van der Waals surface area contributed by atoms with E-state index >= 15 is 0 Å². The van der Waals surface area contributed by atoms with Crippen LogP contribution in [-0.2, 0) is 0 Å². The van der Waals surface area contributed by atoms with Crippen LogP contribution in [0.25, 0.3) is 0 Å². The predicted octanol–water partition coefficient (Wildman–Crippen LogP) is 2.50. The first-order valence-corrected chi connectivity index (χ1v) is 9.10. The number of hydrogen-bond acceptors (Lipinski definition) is 3. The van der Waals surface area contributed by atoms with Gasteiger partial charge in [-0.05, 0) is 73.0 Å². The molecule has 3 heteroatoms. The van der Waals surface area contributed by atoms with Crippen molar-refractivity contribution in [2.45, 2.75) is 70.7 Å². The minimum Gasteiger partial charge on any atom is -0.393 e. The molecule has 3 N–H and O–H groups in total. The number of hydrogen-bond donors (Lipinski definition) is 3. The third kappa shape index (κ3) is 1.85. The summed E-state index contributed by atoms with van der Waals surface area (Å²) in [5.41, 5.74) is 0.112. The summed E-state index contributed by atoms with van der Waals surface area (Å²) in [7, 11) is 0. The second kappa shape index (κ2) is 4.81. The molecule has 9 atom stereocenters. The van der Waals surface area contributed by atoms with Crippen molar-refractivity contribution in [1.29, 1.82) is 0 Å².